The van der Waals surface area contributed by atoms with Crippen molar-refractivity contribution in [1.29, 1.82) is 0 Å². The lowest BCUT2D eigenvalue weighted by Gasteiger charge is -2.31. The number of hydrogen-bond donors (Lipinski definition) is 1. The Hall–Kier alpha value is -2.86. The molecule has 0 bridgehead atoms. The van der Waals surface area contributed by atoms with Gasteiger partial charge in [-0.3, -0.25) is 14.5 Å². The van der Waals surface area contributed by atoms with E-state index in [4.69, 9.17) is 4.74 Å². The van der Waals surface area contributed by atoms with Gasteiger partial charge in [-0.25, -0.2) is 0 Å². The summed E-state index contributed by atoms with van der Waals surface area (Å²) >= 11 is 0. The second-order valence-corrected chi connectivity index (χ2v) is 7.78. The molecule has 2 atom stereocenters. The summed E-state index contributed by atoms with van der Waals surface area (Å²) in [4.78, 5) is 29.6. The summed E-state index contributed by atoms with van der Waals surface area (Å²) in [6.45, 7) is 3.16. The highest BCUT2D eigenvalue weighted by Crippen LogP contribution is 2.35. The van der Waals surface area contributed by atoms with Crippen molar-refractivity contribution >= 4 is 23.2 Å². The molecule has 2 aliphatic heterocycles. The van der Waals surface area contributed by atoms with Gasteiger partial charge < -0.3 is 15.0 Å². The molecule has 2 aromatic rings. The van der Waals surface area contributed by atoms with E-state index in [9.17, 15) is 9.59 Å². The normalized spacial score (nSPS) is 22.0. The number of amides is 2. The van der Waals surface area contributed by atoms with Crippen LogP contribution in [0.4, 0.5) is 11.4 Å². The lowest BCUT2D eigenvalue weighted by Crippen LogP contribution is -2.45. The van der Waals surface area contributed by atoms with Gasteiger partial charge in [-0.1, -0.05) is 24.3 Å². The molecule has 2 aromatic carbocycles. The summed E-state index contributed by atoms with van der Waals surface area (Å²) in [5.74, 6) is 0.806. The molecular weight excluding hydrogens is 366 g/mol. The first kappa shape index (κ1) is 19.5. The molecule has 0 saturated carbocycles. The van der Waals surface area contributed by atoms with E-state index in [1.165, 1.54) is 5.56 Å². The second kappa shape index (κ2) is 8.25. The van der Waals surface area contributed by atoms with Crippen molar-refractivity contribution in [3.63, 3.8) is 0 Å². The fraction of sp³-hybridized carbons (Fsp3) is 0.391. The highest BCUT2D eigenvalue weighted by atomic mass is 16.5. The maximum absolute atomic E-state index is 13.4. The Labute approximate surface area is 171 Å². The lowest BCUT2D eigenvalue weighted by molar-refractivity contribution is -0.120. The van der Waals surface area contributed by atoms with Crippen molar-refractivity contribution in [3.8, 4) is 5.75 Å². The number of methoxy groups -OCH3 is 1. The molecule has 2 aliphatic rings. The number of carbonyl (C=O) groups is 2. The highest BCUT2D eigenvalue weighted by Gasteiger charge is 2.33. The van der Waals surface area contributed by atoms with Crippen LogP contribution in [-0.4, -0.2) is 43.0 Å². The van der Waals surface area contributed by atoms with Crippen LogP contribution in [0.25, 0.3) is 0 Å². The minimum absolute atomic E-state index is 0.0295. The Morgan fingerprint density at radius 3 is 2.69 bits per heavy atom. The van der Waals surface area contributed by atoms with Crippen LogP contribution in [0.5, 0.6) is 5.75 Å². The average molecular weight is 393 g/mol. The number of para-hydroxylation sites is 2. The first-order valence-corrected chi connectivity index (χ1v) is 10.2. The second-order valence-electron chi connectivity index (χ2n) is 7.78. The molecule has 29 heavy (non-hydrogen) atoms. The number of nitrogens with zero attached hydrogens (tertiary/aromatic N) is 2. The van der Waals surface area contributed by atoms with Crippen LogP contribution in [0.1, 0.15) is 37.8 Å². The molecule has 6 heteroatoms. The van der Waals surface area contributed by atoms with E-state index in [1.807, 2.05) is 43.3 Å². The van der Waals surface area contributed by atoms with Gasteiger partial charge in [-0.05, 0) is 56.1 Å². The largest absolute Gasteiger partial charge is 0.497 e. The predicted molar refractivity (Wildman–Crippen MR) is 113 cm³/mol. The van der Waals surface area contributed by atoms with Crippen LogP contribution >= 0.6 is 0 Å². The zero-order valence-electron chi connectivity index (χ0n) is 16.9. The number of anilines is 2. The minimum atomic E-state index is -0.187. The van der Waals surface area contributed by atoms with Crippen molar-refractivity contribution in [2.75, 3.05) is 30.4 Å². The van der Waals surface area contributed by atoms with Gasteiger partial charge >= 0.3 is 0 Å². The van der Waals surface area contributed by atoms with E-state index in [2.05, 4.69) is 22.3 Å². The van der Waals surface area contributed by atoms with Gasteiger partial charge in [0.2, 0.25) is 11.8 Å². The van der Waals surface area contributed by atoms with Crippen LogP contribution in [0, 0.1) is 0 Å². The molecule has 2 heterocycles. The van der Waals surface area contributed by atoms with Gasteiger partial charge in [-0.15, -0.1) is 0 Å². The first-order chi connectivity index (χ1) is 14.1. The Morgan fingerprint density at radius 1 is 1.17 bits per heavy atom. The summed E-state index contributed by atoms with van der Waals surface area (Å²) in [6, 6.07) is 15.7. The number of rotatable bonds is 4. The molecule has 2 amide bonds. The van der Waals surface area contributed by atoms with Gasteiger partial charge in [0.25, 0.3) is 0 Å². The molecule has 0 spiro atoms. The van der Waals surface area contributed by atoms with Crippen LogP contribution < -0.4 is 15.0 Å². The monoisotopic (exact) mass is 393 g/mol. The van der Waals surface area contributed by atoms with Gasteiger partial charge in [0.15, 0.2) is 0 Å². The fourth-order valence-corrected chi connectivity index (χ4v) is 4.44. The summed E-state index contributed by atoms with van der Waals surface area (Å²) in [7, 11) is 1.66. The third-order valence-electron chi connectivity index (χ3n) is 5.83. The molecule has 4 rings (SSSR count). The van der Waals surface area contributed by atoms with E-state index in [0.29, 0.717) is 18.7 Å². The quantitative estimate of drug-likeness (QED) is 0.862. The number of carbonyl (C=O) groups excluding carboxylic acids is 2. The molecule has 1 saturated heterocycles. The van der Waals surface area contributed by atoms with Crippen LogP contribution in [0.2, 0.25) is 0 Å². The summed E-state index contributed by atoms with van der Waals surface area (Å²) < 4.78 is 5.26. The molecule has 0 unspecified atom stereocenters. The van der Waals surface area contributed by atoms with Crippen molar-refractivity contribution in [2.45, 2.75) is 38.3 Å². The van der Waals surface area contributed by atoms with Crippen LogP contribution in [-0.2, 0) is 9.59 Å². The first-order valence-electron chi connectivity index (χ1n) is 10.2. The number of nitrogens with one attached hydrogen (secondary N) is 1. The maximum Gasteiger partial charge on any atom is 0.241 e. The summed E-state index contributed by atoms with van der Waals surface area (Å²) in [5.41, 5.74) is 2.68. The third-order valence-corrected chi connectivity index (χ3v) is 5.83. The number of likely N-dealkylation sites (tertiary alicyclic amines) is 1. The summed E-state index contributed by atoms with van der Waals surface area (Å²) in [6.07, 6.45) is 2.39. The molecule has 1 fully saturated rings. The van der Waals surface area contributed by atoms with Crippen LogP contribution in [0.3, 0.4) is 0 Å². The zero-order valence-corrected chi connectivity index (χ0v) is 16.9. The van der Waals surface area contributed by atoms with Crippen LogP contribution in [0.15, 0.2) is 48.5 Å². The SMILES string of the molecule is COc1ccc([C@H]2CCCN2CC(=O)N2c3ccccc3NC(=O)C[C@@H]2C)cc1. The lowest BCUT2D eigenvalue weighted by atomic mass is 10.0. The number of ether oxygens (including phenoxy) is 1. The Balaban J connectivity index is 1.55. The van der Waals surface area contributed by atoms with E-state index < -0.39 is 0 Å². The molecule has 152 valence electrons. The molecule has 0 radical (unpaired) electrons. The Kier molecular flexibility index (Phi) is 5.53. The van der Waals surface area contributed by atoms with Crippen molar-refractivity contribution in [1.82, 2.24) is 4.90 Å². The molecule has 6 nitrogen and oxygen atoms in total. The highest BCUT2D eigenvalue weighted by molar-refractivity contribution is 6.04. The predicted octanol–water partition coefficient (Wildman–Crippen LogP) is 3.60. The van der Waals surface area contributed by atoms with Crippen molar-refractivity contribution in [2.24, 2.45) is 0 Å². The molecule has 0 aromatic heterocycles. The fourth-order valence-electron chi connectivity index (χ4n) is 4.44. The summed E-state index contributed by atoms with van der Waals surface area (Å²) in [5, 5.41) is 2.92. The smallest absolute Gasteiger partial charge is 0.241 e. The molecule has 0 aliphatic carbocycles. The van der Waals surface area contributed by atoms with Crippen molar-refractivity contribution < 1.29 is 14.3 Å². The topological polar surface area (TPSA) is 61.9 Å². The number of hydrogen-bond acceptors (Lipinski definition) is 4. The van der Waals surface area contributed by atoms with Gasteiger partial charge in [0.05, 0.1) is 25.0 Å². The zero-order chi connectivity index (χ0) is 20.4. The van der Waals surface area contributed by atoms with Gasteiger partial charge in [-0.2, -0.15) is 0 Å². The van der Waals surface area contributed by atoms with E-state index in [-0.39, 0.29) is 23.9 Å². The van der Waals surface area contributed by atoms with E-state index >= 15 is 0 Å². The standard InChI is InChI=1S/C23H27N3O3/c1-16-14-22(27)24-19-6-3-4-7-21(19)26(16)23(28)15-25-13-5-8-20(25)17-9-11-18(29-2)12-10-17/h3-4,6-7,9-12,16,20H,5,8,13-15H2,1-2H3,(H,24,27)/t16-,20+/m0/s1. The maximum atomic E-state index is 13.4. The number of fused-ring (bicyclic) bond motifs is 1. The van der Waals surface area contributed by atoms with E-state index in [0.717, 1.165) is 30.8 Å². The molecular formula is C23H27N3O3. The van der Waals surface area contributed by atoms with Gasteiger partial charge in [0, 0.05) is 18.5 Å². The average Bonchev–Trinajstić information content (AvgIpc) is 3.12. The van der Waals surface area contributed by atoms with Gasteiger partial charge in [0.1, 0.15) is 5.75 Å². The molecule has 1 N–H and O–H groups in total. The Bertz CT molecular complexity index is 896. The minimum Gasteiger partial charge on any atom is -0.497 e. The van der Waals surface area contributed by atoms with Crippen molar-refractivity contribution in [3.05, 3.63) is 54.1 Å². The third kappa shape index (κ3) is 3.98. The Morgan fingerprint density at radius 2 is 1.93 bits per heavy atom. The van der Waals surface area contributed by atoms with E-state index in [1.54, 1.807) is 12.0 Å². The number of benzene rings is 2.